The molecule has 1 aliphatic rings. The van der Waals surface area contributed by atoms with Gasteiger partial charge in [0.25, 0.3) is 17.4 Å². The predicted molar refractivity (Wildman–Crippen MR) is 116 cm³/mol. The number of aryl methyl sites for hydroxylation is 2. The Morgan fingerprint density at radius 2 is 1.94 bits per heavy atom. The number of rotatable bonds is 4. The predicted octanol–water partition coefficient (Wildman–Crippen LogP) is 0.610. The second kappa shape index (κ2) is 8.21. The van der Waals surface area contributed by atoms with Gasteiger partial charge in [-0.1, -0.05) is 6.92 Å². The van der Waals surface area contributed by atoms with Crippen LogP contribution >= 0.6 is 0 Å². The van der Waals surface area contributed by atoms with Crippen LogP contribution in [0.5, 0.6) is 0 Å². The molecule has 0 unspecified atom stereocenters. The summed E-state index contributed by atoms with van der Waals surface area (Å²) in [5.74, 6) is 0.388. The molecule has 162 valence electrons. The van der Waals surface area contributed by atoms with Gasteiger partial charge in [-0.05, 0) is 25.5 Å². The number of anilines is 1. The minimum Gasteiger partial charge on any atom is -0.354 e. The highest BCUT2D eigenvalue weighted by atomic mass is 16.2. The average molecular weight is 423 g/mol. The molecule has 0 atom stereocenters. The van der Waals surface area contributed by atoms with E-state index >= 15 is 0 Å². The van der Waals surface area contributed by atoms with Crippen molar-refractivity contribution in [2.24, 2.45) is 0 Å². The van der Waals surface area contributed by atoms with Crippen LogP contribution in [0.2, 0.25) is 0 Å². The first kappa shape index (κ1) is 20.6. The van der Waals surface area contributed by atoms with E-state index in [1.165, 1.54) is 0 Å². The third kappa shape index (κ3) is 3.88. The van der Waals surface area contributed by atoms with E-state index in [-0.39, 0.29) is 23.1 Å². The molecule has 0 saturated carbocycles. The SMILES string of the molecule is CCc1cn2nc(N3CCN(C(=O)c4ccc(C(=O)NC)nc4C)CC3)cc2[nH]c1=O. The van der Waals surface area contributed by atoms with Gasteiger partial charge >= 0.3 is 0 Å². The number of piperazine rings is 1. The van der Waals surface area contributed by atoms with Gasteiger partial charge in [0.1, 0.15) is 11.3 Å². The van der Waals surface area contributed by atoms with E-state index in [4.69, 9.17) is 0 Å². The zero-order valence-corrected chi connectivity index (χ0v) is 17.8. The number of amides is 2. The molecular formula is C21H25N7O3. The molecule has 0 aromatic carbocycles. The zero-order chi connectivity index (χ0) is 22.1. The molecule has 0 bridgehead atoms. The fourth-order valence-corrected chi connectivity index (χ4v) is 3.73. The van der Waals surface area contributed by atoms with Gasteiger partial charge in [-0.25, -0.2) is 9.50 Å². The van der Waals surface area contributed by atoms with Crippen molar-refractivity contribution in [3.8, 4) is 0 Å². The summed E-state index contributed by atoms with van der Waals surface area (Å²) in [6.07, 6.45) is 2.40. The van der Waals surface area contributed by atoms with Crippen molar-refractivity contribution in [1.29, 1.82) is 0 Å². The maximum absolute atomic E-state index is 13.0. The van der Waals surface area contributed by atoms with Crippen LogP contribution in [0.4, 0.5) is 5.82 Å². The molecule has 3 aromatic rings. The van der Waals surface area contributed by atoms with Crippen molar-refractivity contribution in [1.82, 2.24) is 29.8 Å². The Balaban J connectivity index is 1.46. The lowest BCUT2D eigenvalue weighted by Gasteiger charge is -2.35. The van der Waals surface area contributed by atoms with E-state index in [0.29, 0.717) is 55.1 Å². The number of nitrogens with zero attached hydrogens (tertiary/aromatic N) is 5. The van der Waals surface area contributed by atoms with E-state index in [1.54, 1.807) is 41.7 Å². The fraction of sp³-hybridized carbons (Fsp3) is 0.381. The van der Waals surface area contributed by atoms with Gasteiger partial charge in [0.2, 0.25) is 0 Å². The molecule has 1 fully saturated rings. The lowest BCUT2D eigenvalue weighted by Crippen LogP contribution is -2.49. The zero-order valence-electron chi connectivity index (χ0n) is 17.8. The van der Waals surface area contributed by atoms with Crippen molar-refractivity contribution in [3.05, 3.63) is 57.3 Å². The highest BCUT2D eigenvalue weighted by molar-refractivity contribution is 5.97. The number of aromatic nitrogens is 4. The first-order chi connectivity index (χ1) is 14.9. The summed E-state index contributed by atoms with van der Waals surface area (Å²) < 4.78 is 1.69. The van der Waals surface area contributed by atoms with Gasteiger partial charge in [-0.2, -0.15) is 0 Å². The summed E-state index contributed by atoms with van der Waals surface area (Å²) in [5.41, 5.74) is 2.56. The van der Waals surface area contributed by atoms with Crippen molar-refractivity contribution in [3.63, 3.8) is 0 Å². The summed E-state index contributed by atoms with van der Waals surface area (Å²) in [5, 5.41) is 7.11. The topological polar surface area (TPSA) is 116 Å². The summed E-state index contributed by atoms with van der Waals surface area (Å²) in [4.78, 5) is 47.7. The molecule has 4 heterocycles. The van der Waals surface area contributed by atoms with Gasteiger partial charge in [-0.3, -0.25) is 14.4 Å². The van der Waals surface area contributed by atoms with Crippen molar-refractivity contribution in [2.45, 2.75) is 20.3 Å². The molecule has 10 nitrogen and oxygen atoms in total. The number of pyridine rings is 1. The number of fused-ring (bicyclic) bond motifs is 1. The highest BCUT2D eigenvalue weighted by Crippen LogP contribution is 2.18. The smallest absolute Gasteiger partial charge is 0.269 e. The molecule has 3 aromatic heterocycles. The number of nitrogens with one attached hydrogen (secondary N) is 2. The van der Waals surface area contributed by atoms with E-state index in [9.17, 15) is 14.4 Å². The third-order valence-corrected chi connectivity index (χ3v) is 5.58. The summed E-state index contributed by atoms with van der Waals surface area (Å²) in [7, 11) is 1.54. The van der Waals surface area contributed by atoms with E-state index < -0.39 is 0 Å². The van der Waals surface area contributed by atoms with Crippen LogP contribution in [0.25, 0.3) is 5.65 Å². The summed E-state index contributed by atoms with van der Waals surface area (Å²) in [6.45, 7) is 6.00. The van der Waals surface area contributed by atoms with Crippen molar-refractivity contribution in [2.75, 3.05) is 38.1 Å². The Morgan fingerprint density at radius 3 is 2.58 bits per heavy atom. The van der Waals surface area contributed by atoms with Crippen LogP contribution in [-0.4, -0.2) is 69.5 Å². The molecule has 0 radical (unpaired) electrons. The molecule has 2 N–H and O–H groups in total. The monoisotopic (exact) mass is 423 g/mol. The minimum atomic E-state index is -0.282. The normalized spacial score (nSPS) is 14.2. The molecule has 4 rings (SSSR count). The van der Waals surface area contributed by atoms with Crippen LogP contribution in [0.15, 0.2) is 29.2 Å². The molecule has 0 spiro atoms. The molecule has 31 heavy (non-hydrogen) atoms. The first-order valence-electron chi connectivity index (χ1n) is 10.3. The Hall–Kier alpha value is -3.69. The molecule has 2 amide bonds. The lowest BCUT2D eigenvalue weighted by molar-refractivity contribution is 0.0744. The standard InChI is InChI=1S/C21H25N7O3/c1-4-14-12-28-17(24-19(14)29)11-18(25-28)26-7-9-27(10-8-26)21(31)15-5-6-16(20(30)22-3)23-13(15)2/h5-6,11-12H,4,7-10H2,1-3H3,(H,22,30)(H,24,29). The van der Waals surface area contributed by atoms with E-state index in [0.717, 1.165) is 5.82 Å². The van der Waals surface area contributed by atoms with Crippen LogP contribution in [0.1, 0.15) is 39.0 Å². The van der Waals surface area contributed by atoms with Gasteiger partial charge in [0, 0.05) is 51.1 Å². The summed E-state index contributed by atoms with van der Waals surface area (Å²) >= 11 is 0. The van der Waals surface area contributed by atoms with Crippen LogP contribution in [0, 0.1) is 6.92 Å². The fourth-order valence-electron chi connectivity index (χ4n) is 3.73. The minimum absolute atomic E-state index is 0.0942. The van der Waals surface area contributed by atoms with Gasteiger partial charge in [0.05, 0.1) is 11.3 Å². The molecule has 1 aliphatic heterocycles. The first-order valence-corrected chi connectivity index (χ1v) is 10.3. The Labute approximate surface area is 178 Å². The van der Waals surface area contributed by atoms with E-state index in [1.807, 2.05) is 13.0 Å². The molecular weight excluding hydrogens is 398 g/mol. The second-order valence-electron chi connectivity index (χ2n) is 7.48. The van der Waals surface area contributed by atoms with Gasteiger partial charge < -0.3 is 20.1 Å². The largest absolute Gasteiger partial charge is 0.354 e. The summed E-state index contributed by atoms with van der Waals surface area (Å²) in [6, 6.07) is 5.08. The number of hydrogen-bond donors (Lipinski definition) is 2. The maximum Gasteiger partial charge on any atom is 0.269 e. The molecule has 10 heteroatoms. The van der Waals surface area contributed by atoms with Crippen LogP contribution in [0.3, 0.4) is 0 Å². The maximum atomic E-state index is 13.0. The average Bonchev–Trinajstić information content (AvgIpc) is 3.20. The number of aromatic amines is 1. The van der Waals surface area contributed by atoms with Crippen molar-refractivity contribution >= 4 is 23.3 Å². The second-order valence-corrected chi connectivity index (χ2v) is 7.48. The van der Waals surface area contributed by atoms with Gasteiger partial charge in [0.15, 0.2) is 5.82 Å². The molecule has 1 saturated heterocycles. The Bertz CT molecular complexity index is 1210. The number of H-pyrrole nitrogens is 1. The molecule has 0 aliphatic carbocycles. The highest BCUT2D eigenvalue weighted by Gasteiger charge is 2.25. The van der Waals surface area contributed by atoms with Crippen LogP contribution in [-0.2, 0) is 6.42 Å². The number of hydrogen-bond acceptors (Lipinski definition) is 6. The number of carbonyl (C=O) groups is 2. The lowest BCUT2D eigenvalue weighted by atomic mass is 10.1. The van der Waals surface area contributed by atoms with E-state index in [2.05, 4.69) is 25.3 Å². The third-order valence-electron chi connectivity index (χ3n) is 5.58. The Morgan fingerprint density at radius 1 is 1.19 bits per heavy atom. The quantitative estimate of drug-likeness (QED) is 0.635. The van der Waals surface area contributed by atoms with Crippen LogP contribution < -0.4 is 15.8 Å². The van der Waals surface area contributed by atoms with Gasteiger partial charge in [-0.15, -0.1) is 5.10 Å². The van der Waals surface area contributed by atoms with Crippen molar-refractivity contribution < 1.29 is 9.59 Å². The Kier molecular flexibility index (Phi) is 5.45. The number of carbonyl (C=O) groups excluding carboxylic acids is 2.